The van der Waals surface area contributed by atoms with Crippen molar-refractivity contribution in [1.29, 1.82) is 0 Å². The van der Waals surface area contributed by atoms with Crippen molar-refractivity contribution in [3.8, 4) is 5.75 Å². The number of aromatic nitrogens is 1. The quantitative estimate of drug-likeness (QED) is 0.819. The molecule has 0 unspecified atom stereocenters. The lowest BCUT2D eigenvalue weighted by atomic mass is 10.2. The number of nitrogens with one attached hydrogen (secondary N) is 1. The lowest BCUT2D eigenvalue weighted by molar-refractivity contribution is 0.413. The van der Waals surface area contributed by atoms with Crippen LogP contribution in [0.3, 0.4) is 0 Å². The summed E-state index contributed by atoms with van der Waals surface area (Å²) in [6.07, 6.45) is 1.75. The Bertz CT molecular complexity index is 452. The minimum Gasteiger partial charge on any atom is -0.495 e. The normalized spacial score (nSPS) is 10.7. The molecule has 0 spiro atoms. The highest BCUT2D eigenvalue weighted by atomic mass is 79.9. The van der Waals surface area contributed by atoms with Gasteiger partial charge in [0, 0.05) is 11.6 Å². The topological polar surface area (TPSA) is 25.0 Å². The molecule has 0 atom stereocenters. The summed E-state index contributed by atoms with van der Waals surface area (Å²) >= 11 is 3.13. The Kier molecular flexibility index (Phi) is 2.00. The van der Waals surface area contributed by atoms with Gasteiger partial charge in [-0.1, -0.05) is 0 Å². The Balaban J connectivity index is 2.87. The van der Waals surface area contributed by atoms with E-state index in [1.807, 2.05) is 6.07 Å². The van der Waals surface area contributed by atoms with Gasteiger partial charge in [0.05, 0.1) is 17.1 Å². The van der Waals surface area contributed by atoms with Crippen LogP contribution in [0.25, 0.3) is 10.9 Å². The lowest BCUT2D eigenvalue weighted by Gasteiger charge is -2.05. The fraction of sp³-hybridized carbons (Fsp3) is 0.111. The number of fused-ring (bicyclic) bond motifs is 1. The molecule has 0 aliphatic rings. The third-order valence-electron chi connectivity index (χ3n) is 1.91. The van der Waals surface area contributed by atoms with E-state index in [0.717, 1.165) is 10.9 Å². The Morgan fingerprint density at radius 1 is 1.54 bits per heavy atom. The Labute approximate surface area is 82.8 Å². The van der Waals surface area contributed by atoms with Gasteiger partial charge < -0.3 is 9.72 Å². The minimum absolute atomic E-state index is 0.327. The molecule has 0 fully saturated rings. The van der Waals surface area contributed by atoms with E-state index in [0.29, 0.717) is 10.2 Å². The van der Waals surface area contributed by atoms with Crippen LogP contribution in [0.15, 0.2) is 22.8 Å². The molecule has 0 aliphatic carbocycles. The Morgan fingerprint density at radius 2 is 2.31 bits per heavy atom. The number of methoxy groups -OCH3 is 1. The van der Waals surface area contributed by atoms with Crippen LogP contribution in [0.2, 0.25) is 0 Å². The molecule has 0 radical (unpaired) electrons. The molecule has 2 aromatic rings. The van der Waals surface area contributed by atoms with Crippen molar-refractivity contribution in [2.24, 2.45) is 0 Å². The molecule has 13 heavy (non-hydrogen) atoms. The molecular formula is C9H7BrFNO. The summed E-state index contributed by atoms with van der Waals surface area (Å²) in [5.41, 5.74) is 0.734. The van der Waals surface area contributed by atoms with Gasteiger partial charge in [-0.15, -0.1) is 0 Å². The first-order valence-electron chi connectivity index (χ1n) is 3.73. The van der Waals surface area contributed by atoms with E-state index in [9.17, 15) is 4.39 Å². The van der Waals surface area contributed by atoms with Gasteiger partial charge in [0.15, 0.2) is 0 Å². The van der Waals surface area contributed by atoms with Crippen LogP contribution in [-0.4, -0.2) is 12.1 Å². The Hall–Kier alpha value is -1.03. The zero-order valence-electron chi connectivity index (χ0n) is 6.90. The molecule has 4 heteroatoms. The largest absolute Gasteiger partial charge is 0.495 e. The smallest absolute Gasteiger partial charge is 0.145 e. The van der Waals surface area contributed by atoms with Crippen molar-refractivity contribution in [2.75, 3.05) is 7.11 Å². The zero-order valence-corrected chi connectivity index (χ0v) is 8.48. The maximum Gasteiger partial charge on any atom is 0.145 e. The number of rotatable bonds is 1. The average molecular weight is 244 g/mol. The summed E-state index contributed by atoms with van der Waals surface area (Å²) in [4.78, 5) is 2.92. The van der Waals surface area contributed by atoms with Gasteiger partial charge in [-0.3, -0.25) is 0 Å². The first-order chi connectivity index (χ1) is 6.24. The molecule has 0 amide bonds. The fourth-order valence-corrected chi connectivity index (χ4v) is 1.81. The predicted molar refractivity (Wildman–Crippen MR) is 52.5 cm³/mol. The average Bonchev–Trinajstić information content (AvgIpc) is 2.54. The van der Waals surface area contributed by atoms with Gasteiger partial charge in [0.1, 0.15) is 11.6 Å². The first kappa shape index (κ1) is 8.56. The van der Waals surface area contributed by atoms with Crippen LogP contribution < -0.4 is 4.74 Å². The third kappa shape index (κ3) is 1.21. The molecule has 1 heterocycles. The zero-order chi connectivity index (χ0) is 9.42. The van der Waals surface area contributed by atoms with Crippen LogP contribution in [0.1, 0.15) is 0 Å². The number of hydrogen-bond donors (Lipinski definition) is 1. The third-order valence-corrected chi connectivity index (χ3v) is 2.65. The van der Waals surface area contributed by atoms with Crippen molar-refractivity contribution >= 4 is 26.8 Å². The second-order valence-electron chi connectivity index (χ2n) is 2.64. The molecular weight excluding hydrogens is 237 g/mol. The van der Waals surface area contributed by atoms with Gasteiger partial charge in [0.2, 0.25) is 0 Å². The number of benzene rings is 1. The summed E-state index contributed by atoms with van der Waals surface area (Å²) < 4.78 is 18.7. The summed E-state index contributed by atoms with van der Waals surface area (Å²) in [6, 6.07) is 3.28. The highest BCUT2D eigenvalue weighted by Crippen LogP contribution is 2.35. The van der Waals surface area contributed by atoms with Crippen LogP contribution >= 0.6 is 15.9 Å². The molecule has 1 aromatic heterocycles. The van der Waals surface area contributed by atoms with Gasteiger partial charge in [0.25, 0.3) is 0 Å². The molecule has 68 valence electrons. The van der Waals surface area contributed by atoms with Gasteiger partial charge in [-0.2, -0.15) is 0 Å². The van der Waals surface area contributed by atoms with Gasteiger partial charge in [-0.05, 0) is 28.1 Å². The number of hydrogen-bond acceptors (Lipinski definition) is 1. The predicted octanol–water partition coefficient (Wildman–Crippen LogP) is 3.08. The van der Waals surface area contributed by atoms with E-state index in [1.165, 1.54) is 13.2 Å². The van der Waals surface area contributed by atoms with Crippen molar-refractivity contribution in [3.63, 3.8) is 0 Å². The summed E-state index contributed by atoms with van der Waals surface area (Å²) in [5, 5.41) is 0.871. The maximum atomic E-state index is 13.2. The van der Waals surface area contributed by atoms with E-state index in [1.54, 1.807) is 6.20 Å². The molecule has 0 saturated heterocycles. The van der Waals surface area contributed by atoms with E-state index in [-0.39, 0.29) is 5.82 Å². The molecule has 0 saturated carbocycles. The van der Waals surface area contributed by atoms with E-state index >= 15 is 0 Å². The number of ether oxygens (including phenoxy) is 1. The number of aromatic amines is 1. The minimum atomic E-state index is -0.327. The number of H-pyrrole nitrogens is 1. The lowest BCUT2D eigenvalue weighted by Crippen LogP contribution is -1.88. The summed E-state index contributed by atoms with van der Waals surface area (Å²) in [5.74, 6) is 0.197. The molecule has 1 N–H and O–H groups in total. The SMILES string of the molecule is COc1c(Br)c(F)cc2[nH]ccc12. The highest BCUT2D eigenvalue weighted by Gasteiger charge is 2.11. The van der Waals surface area contributed by atoms with Gasteiger partial charge in [-0.25, -0.2) is 4.39 Å². The van der Waals surface area contributed by atoms with Crippen molar-refractivity contribution in [2.45, 2.75) is 0 Å². The highest BCUT2D eigenvalue weighted by molar-refractivity contribution is 9.10. The summed E-state index contributed by atoms with van der Waals surface area (Å²) in [6.45, 7) is 0. The summed E-state index contributed by atoms with van der Waals surface area (Å²) in [7, 11) is 1.52. The van der Waals surface area contributed by atoms with Crippen LogP contribution in [0.5, 0.6) is 5.75 Å². The van der Waals surface area contributed by atoms with E-state index in [2.05, 4.69) is 20.9 Å². The van der Waals surface area contributed by atoms with Gasteiger partial charge >= 0.3 is 0 Å². The van der Waals surface area contributed by atoms with Crippen molar-refractivity contribution in [3.05, 3.63) is 28.6 Å². The molecule has 2 rings (SSSR count). The van der Waals surface area contributed by atoms with Crippen LogP contribution in [-0.2, 0) is 0 Å². The van der Waals surface area contributed by atoms with Crippen LogP contribution in [0, 0.1) is 5.82 Å². The molecule has 0 aliphatic heterocycles. The first-order valence-corrected chi connectivity index (χ1v) is 4.52. The Morgan fingerprint density at radius 3 is 3.00 bits per heavy atom. The second kappa shape index (κ2) is 3.03. The maximum absolute atomic E-state index is 13.2. The second-order valence-corrected chi connectivity index (χ2v) is 3.44. The molecule has 1 aromatic carbocycles. The fourth-order valence-electron chi connectivity index (χ4n) is 1.32. The monoisotopic (exact) mass is 243 g/mol. The van der Waals surface area contributed by atoms with Crippen LogP contribution in [0.4, 0.5) is 4.39 Å². The standard InChI is InChI=1S/C9H7BrFNO/c1-13-9-5-2-3-12-7(5)4-6(11)8(9)10/h2-4,12H,1H3. The molecule has 0 bridgehead atoms. The van der Waals surface area contributed by atoms with Crippen molar-refractivity contribution in [1.82, 2.24) is 4.98 Å². The van der Waals surface area contributed by atoms with E-state index in [4.69, 9.17) is 4.74 Å². The molecule has 2 nitrogen and oxygen atoms in total. The van der Waals surface area contributed by atoms with E-state index < -0.39 is 0 Å². The number of halogens is 2. The van der Waals surface area contributed by atoms with Crippen molar-refractivity contribution < 1.29 is 9.13 Å².